The molecule has 2 unspecified atom stereocenters. The third kappa shape index (κ3) is 3.85. The largest absolute Gasteiger partial charge is 0.327 e. The summed E-state index contributed by atoms with van der Waals surface area (Å²) in [5, 5.41) is 0. The van der Waals surface area contributed by atoms with Gasteiger partial charge in [0.25, 0.3) is 0 Å². The molecule has 0 amide bonds. The number of hydrogen-bond acceptors (Lipinski definition) is 1. The molecule has 1 nitrogen and oxygen atoms in total. The standard InChI is InChI=1S/C16H27N/c1-5-9-13(2)12-15(17)16(3,4)14-10-7-6-8-11-14/h6-8,10-11,13,15H,5,9,12,17H2,1-4H3. The molecule has 0 spiro atoms. The van der Waals surface area contributed by atoms with Crippen LogP contribution in [-0.4, -0.2) is 6.04 Å². The summed E-state index contributed by atoms with van der Waals surface area (Å²) in [6.45, 7) is 9.06. The molecular formula is C16H27N. The zero-order chi connectivity index (χ0) is 12.9. The maximum atomic E-state index is 6.41. The van der Waals surface area contributed by atoms with Crippen LogP contribution in [0.4, 0.5) is 0 Å². The summed E-state index contributed by atoms with van der Waals surface area (Å²) in [6.07, 6.45) is 3.63. The average Bonchev–Trinajstić information content (AvgIpc) is 2.30. The molecule has 1 heteroatoms. The summed E-state index contributed by atoms with van der Waals surface area (Å²) in [5.74, 6) is 0.720. The van der Waals surface area contributed by atoms with Crippen molar-refractivity contribution < 1.29 is 0 Å². The highest BCUT2D eigenvalue weighted by atomic mass is 14.7. The molecule has 0 aliphatic carbocycles. The number of hydrogen-bond donors (Lipinski definition) is 1. The van der Waals surface area contributed by atoms with Crippen LogP contribution in [0.2, 0.25) is 0 Å². The summed E-state index contributed by atoms with van der Waals surface area (Å²) in [6, 6.07) is 10.9. The van der Waals surface area contributed by atoms with Crippen LogP contribution >= 0.6 is 0 Å². The normalized spacial score (nSPS) is 15.6. The summed E-state index contributed by atoms with van der Waals surface area (Å²) in [4.78, 5) is 0. The summed E-state index contributed by atoms with van der Waals surface area (Å²) in [5.41, 5.74) is 7.82. The van der Waals surface area contributed by atoms with Crippen LogP contribution < -0.4 is 5.73 Å². The third-order valence-electron chi connectivity index (χ3n) is 3.88. The third-order valence-corrected chi connectivity index (χ3v) is 3.88. The molecule has 0 aliphatic heterocycles. The first-order chi connectivity index (χ1) is 7.98. The van der Waals surface area contributed by atoms with E-state index in [0.29, 0.717) is 0 Å². The fraction of sp³-hybridized carbons (Fsp3) is 0.625. The molecule has 0 saturated heterocycles. The second-order valence-electron chi connectivity index (χ2n) is 5.82. The summed E-state index contributed by atoms with van der Waals surface area (Å²) >= 11 is 0. The zero-order valence-electron chi connectivity index (χ0n) is 11.7. The van der Waals surface area contributed by atoms with Crippen LogP contribution in [0.1, 0.15) is 52.5 Å². The molecule has 0 aliphatic rings. The highest BCUT2D eigenvalue weighted by Gasteiger charge is 2.29. The topological polar surface area (TPSA) is 26.0 Å². The van der Waals surface area contributed by atoms with Gasteiger partial charge in [0.05, 0.1) is 0 Å². The molecule has 0 bridgehead atoms. The first kappa shape index (κ1) is 14.2. The maximum Gasteiger partial charge on any atom is 0.0133 e. The van der Waals surface area contributed by atoms with Crippen molar-refractivity contribution in [3.8, 4) is 0 Å². The van der Waals surface area contributed by atoms with Gasteiger partial charge in [-0.05, 0) is 17.9 Å². The lowest BCUT2D eigenvalue weighted by atomic mass is 9.75. The molecule has 96 valence electrons. The predicted molar refractivity (Wildman–Crippen MR) is 76.1 cm³/mol. The van der Waals surface area contributed by atoms with Crippen LogP contribution in [0.3, 0.4) is 0 Å². The molecule has 1 aromatic rings. The Morgan fingerprint density at radius 2 is 1.76 bits per heavy atom. The van der Waals surface area contributed by atoms with Crippen molar-refractivity contribution in [2.24, 2.45) is 11.7 Å². The quantitative estimate of drug-likeness (QED) is 0.786. The highest BCUT2D eigenvalue weighted by Crippen LogP contribution is 2.29. The van der Waals surface area contributed by atoms with Gasteiger partial charge < -0.3 is 5.73 Å². The van der Waals surface area contributed by atoms with Gasteiger partial charge in [0, 0.05) is 11.5 Å². The van der Waals surface area contributed by atoms with Gasteiger partial charge in [0.1, 0.15) is 0 Å². The molecule has 17 heavy (non-hydrogen) atoms. The minimum absolute atomic E-state index is 0.0588. The Balaban J connectivity index is 2.70. The molecular weight excluding hydrogens is 206 g/mol. The minimum atomic E-state index is 0.0588. The van der Waals surface area contributed by atoms with Crippen molar-refractivity contribution in [2.75, 3.05) is 0 Å². The highest BCUT2D eigenvalue weighted by molar-refractivity contribution is 5.25. The smallest absolute Gasteiger partial charge is 0.0133 e. The van der Waals surface area contributed by atoms with E-state index in [1.165, 1.54) is 18.4 Å². The second kappa shape index (κ2) is 6.20. The van der Waals surface area contributed by atoms with Gasteiger partial charge in [-0.25, -0.2) is 0 Å². The fourth-order valence-corrected chi connectivity index (χ4v) is 2.42. The molecule has 0 radical (unpaired) electrons. The second-order valence-corrected chi connectivity index (χ2v) is 5.82. The minimum Gasteiger partial charge on any atom is -0.327 e. The molecule has 1 aromatic carbocycles. The van der Waals surface area contributed by atoms with Crippen molar-refractivity contribution in [3.05, 3.63) is 35.9 Å². The lowest BCUT2D eigenvalue weighted by Gasteiger charge is -2.34. The number of nitrogens with two attached hydrogens (primary N) is 1. The lowest BCUT2D eigenvalue weighted by molar-refractivity contribution is 0.330. The van der Waals surface area contributed by atoms with E-state index in [2.05, 4.69) is 58.0 Å². The van der Waals surface area contributed by atoms with Crippen molar-refractivity contribution in [2.45, 2.75) is 58.4 Å². The van der Waals surface area contributed by atoms with Crippen LogP contribution in [0.15, 0.2) is 30.3 Å². The zero-order valence-corrected chi connectivity index (χ0v) is 11.7. The Hall–Kier alpha value is -0.820. The van der Waals surface area contributed by atoms with Gasteiger partial charge in [0.15, 0.2) is 0 Å². The number of benzene rings is 1. The number of rotatable bonds is 6. The van der Waals surface area contributed by atoms with Crippen molar-refractivity contribution in [3.63, 3.8) is 0 Å². The van der Waals surface area contributed by atoms with E-state index < -0.39 is 0 Å². The fourth-order valence-electron chi connectivity index (χ4n) is 2.42. The Labute approximate surface area is 106 Å². The Morgan fingerprint density at radius 3 is 2.29 bits per heavy atom. The lowest BCUT2D eigenvalue weighted by Crippen LogP contribution is -2.41. The molecule has 2 N–H and O–H groups in total. The van der Waals surface area contributed by atoms with Crippen LogP contribution in [0.25, 0.3) is 0 Å². The van der Waals surface area contributed by atoms with Crippen LogP contribution in [0, 0.1) is 5.92 Å². The van der Waals surface area contributed by atoms with Crippen molar-refractivity contribution >= 4 is 0 Å². The van der Waals surface area contributed by atoms with Gasteiger partial charge in [-0.1, -0.05) is 70.9 Å². The molecule has 0 fully saturated rings. The van der Waals surface area contributed by atoms with Gasteiger partial charge >= 0.3 is 0 Å². The molecule has 0 heterocycles. The monoisotopic (exact) mass is 233 g/mol. The van der Waals surface area contributed by atoms with Gasteiger partial charge in [-0.15, -0.1) is 0 Å². The Bertz CT molecular complexity index is 316. The molecule has 0 saturated carbocycles. The van der Waals surface area contributed by atoms with Gasteiger partial charge in [-0.3, -0.25) is 0 Å². The van der Waals surface area contributed by atoms with Crippen molar-refractivity contribution in [1.29, 1.82) is 0 Å². The predicted octanol–water partition coefficient (Wildman–Crippen LogP) is 4.12. The Kier molecular flexibility index (Phi) is 5.20. The van der Waals surface area contributed by atoms with Gasteiger partial charge in [-0.2, -0.15) is 0 Å². The van der Waals surface area contributed by atoms with Gasteiger partial charge in [0.2, 0.25) is 0 Å². The first-order valence-electron chi connectivity index (χ1n) is 6.79. The van der Waals surface area contributed by atoms with Crippen molar-refractivity contribution in [1.82, 2.24) is 0 Å². The first-order valence-corrected chi connectivity index (χ1v) is 6.79. The van der Waals surface area contributed by atoms with Crippen LogP contribution in [-0.2, 0) is 5.41 Å². The summed E-state index contributed by atoms with van der Waals surface area (Å²) in [7, 11) is 0. The SMILES string of the molecule is CCCC(C)CC(N)C(C)(C)c1ccccc1. The van der Waals surface area contributed by atoms with E-state index in [1.807, 2.05) is 0 Å². The van der Waals surface area contributed by atoms with E-state index >= 15 is 0 Å². The molecule has 0 aromatic heterocycles. The van der Waals surface area contributed by atoms with Crippen LogP contribution in [0.5, 0.6) is 0 Å². The van der Waals surface area contributed by atoms with E-state index in [-0.39, 0.29) is 11.5 Å². The Morgan fingerprint density at radius 1 is 1.18 bits per heavy atom. The van der Waals surface area contributed by atoms with E-state index in [0.717, 1.165) is 12.3 Å². The molecule has 2 atom stereocenters. The maximum absolute atomic E-state index is 6.41. The molecule has 1 rings (SSSR count). The average molecular weight is 233 g/mol. The van der Waals surface area contributed by atoms with E-state index in [9.17, 15) is 0 Å². The van der Waals surface area contributed by atoms with E-state index in [4.69, 9.17) is 5.73 Å². The summed E-state index contributed by atoms with van der Waals surface area (Å²) < 4.78 is 0. The van der Waals surface area contributed by atoms with E-state index in [1.54, 1.807) is 0 Å².